The summed E-state index contributed by atoms with van der Waals surface area (Å²) >= 11 is 0. The average Bonchev–Trinajstić information content (AvgIpc) is 2.69. The second kappa shape index (κ2) is 6.99. The zero-order valence-electron chi connectivity index (χ0n) is 15.8. The first-order chi connectivity index (χ1) is 13.1. The number of aryl methyl sites for hydroxylation is 3. The summed E-state index contributed by atoms with van der Waals surface area (Å²) in [6.07, 6.45) is 18.6. The van der Waals surface area contributed by atoms with Crippen molar-refractivity contribution in [1.82, 2.24) is 0 Å². The lowest BCUT2D eigenvalue weighted by Gasteiger charge is -1.96. The molecule has 0 aliphatic rings. The van der Waals surface area contributed by atoms with E-state index >= 15 is 0 Å². The third-order valence-corrected chi connectivity index (χ3v) is 4.52. The van der Waals surface area contributed by atoms with Gasteiger partial charge in [-0.05, 0) is 0 Å². The molecule has 0 aliphatic heterocycles. The van der Waals surface area contributed by atoms with Crippen LogP contribution in [0.15, 0.2) is 92.6 Å². The normalized spacial score (nSPS) is 10.8. The molecule has 4 rings (SSSR count). The summed E-state index contributed by atoms with van der Waals surface area (Å²) < 4.78 is 12.5. The van der Waals surface area contributed by atoms with Gasteiger partial charge in [0.2, 0.25) is 17.1 Å². The Labute approximate surface area is 158 Å². The average molecular weight is 360 g/mol. The van der Waals surface area contributed by atoms with Crippen LogP contribution in [0.2, 0.25) is 0 Å². The summed E-state index contributed by atoms with van der Waals surface area (Å²) in [7, 11) is 6.06. The summed E-state index contributed by atoms with van der Waals surface area (Å²) in [4.78, 5) is 0. The molecule has 0 radical (unpaired) electrons. The minimum atomic E-state index is 1.10. The van der Waals surface area contributed by atoms with Crippen LogP contribution < -0.4 is 27.4 Å². The molecule has 0 spiro atoms. The molecule has 0 unspecified atom stereocenters. The summed E-state index contributed by atoms with van der Waals surface area (Å²) in [6, 6.07) is 12.6. The molecular formula is C21H24N6+6. The molecule has 0 bridgehead atoms. The smallest absolute Gasteiger partial charge is 0.207 e. The van der Waals surface area contributed by atoms with Gasteiger partial charge in [-0.25, -0.2) is 13.7 Å². The first kappa shape index (κ1) is 16.9. The van der Waals surface area contributed by atoms with Crippen LogP contribution in [0.3, 0.4) is 0 Å². The molecule has 27 heavy (non-hydrogen) atoms. The number of hydrogen-bond acceptors (Lipinski definition) is 0. The van der Waals surface area contributed by atoms with Crippen molar-refractivity contribution in [2.24, 2.45) is 21.1 Å². The summed E-state index contributed by atoms with van der Waals surface area (Å²) in [5, 5.41) is 0. The quantitative estimate of drug-likeness (QED) is 0.418. The zero-order valence-corrected chi connectivity index (χ0v) is 15.8. The van der Waals surface area contributed by atoms with Crippen molar-refractivity contribution in [3.05, 3.63) is 92.6 Å². The largest absolute Gasteiger partial charge is 0.428 e. The van der Waals surface area contributed by atoms with E-state index in [1.54, 1.807) is 0 Å². The number of aromatic nitrogens is 6. The second-order valence-electron chi connectivity index (χ2n) is 6.73. The van der Waals surface area contributed by atoms with Crippen LogP contribution in [-0.4, -0.2) is 0 Å². The molecule has 0 amide bonds. The molecule has 4 heterocycles. The maximum Gasteiger partial charge on any atom is 0.428 e. The van der Waals surface area contributed by atoms with Crippen LogP contribution in [0.5, 0.6) is 0 Å². The highest BCUT2D eigenvalue weighted by Crippen LogP contribution is 1.97. The number of rotatable bonds is 3. The molecule has 0 fully saturated rings. The predicted octanol–water partition coefficient (Wildman–Crippen LogP) is -1.01. The Hall–Kier alpha value is -3.54. The first-order valence-electron chi connectivity index (χ1n) is 8.84. The Balaban J connectivity index is 1.89. The zero-order chi connectivity index (χ0) is 18.8. The van der Waals surface area contributed by atoms with Gasteiger partial charge in [0.1, 0.15) is 21.1 Å². The van der Waals surface area contributed by atoms with Gasteiger partial charge >= 0.3 is 19.0 Å². The Kier molecular flexibility index (Phi) is 4.38. The highest BCUT2D eigenvalue weighted by molar-refractivity contribution is 5.17. The van der Waals surface area contributed by atoms with Crippen LogP contribution in [0.25, 0.3) is 17.1 Å². The molecule has 0 saturated heterocycles. The molecule has 6 heteroatoms. The first-order valence-corrected chi connectivity index (χ1v) is 8.84. The monoisotopic (exact) mass is 360 g/mol. The fraction of sp³-hybridized carbons (Fsp3) is 0.143. The third kappa shape index (κ3) is 3.69. The van der Waals surface area contributed by atoms with Gasteiger partial charge in [-0.3, -0.25) is 0 Å². The standard InChI is InChI=1S/C21H24N6/c1-22-10-4-19(5-11-22)25-16-26(20-6-12-23(2)13-7-20)18-27(17-25)21-8-14-24(3)15-9-21/h4-18H,1-3H3/q+6. The topological polar surface area (TPSA) is 23.3 Å². The van der Waals surface area contributed by atoms with Gasteiger partial charge in [-0.1, -0.05) is 13.7 Å². The van der Waals surface area contributed by atoms with Crippen molar-refractivity contribution in [1.29, 1.82) is 0 Å². The van der Waals surface area contributed by atoms with E-state index in [1.165, 1.54) is 0 Å². The van der Waals surface area contributed by atoms with E-state index in [9.17, 15) is 0 Å². The number of hydrogen-bond donors (Lipinski definition) is 0. The molecule has 0 saturated carbocycles. The molecular weight excluding hydrogens is 336 g/mol. The van der Waals surface area contributed by atoms with E-state index in [2.05, 4.69) is 106 Å². The van der Waals surface area contributed by atoms with E-state index in [0.29, 0.717) is 0 Å². The minimum absolute atomic E-state index is 1.10. The Morgan fingerprint density at radius 3 is 0.852 bits per heavy atom. The van der Waals surface area contributed by atoms with E-state index in [-0.39, 0.29) is 0 Å². The second-order valence-corrected chi connectivity index (χ2v) is 6.73. The highest BCUT2D eigenvalue weighted by Gasteiger charge is 2.26. The van der Waals surface area contributed by atoms with E-state index < -0.39 is 0 Å². The van der Waals surface area contributed by atoms with Crippen molar-refractivity contribution in [3.63, 3.8) is 0 Å². The van der Waals surface area contributed by atoms with Crippen LogP contribution in [0.4, 0.5) is 0 Å². The molecule has 0 N–H and O–H groups in total. The van der Waals surface area contributed by atoms with Gasteiger partial charge in [-0.15, -0.1) is 0 Å². The maximum absolute atomic E-state index is 2.12. The van der Waals surface area contributed by atoms with Gasteiger partial charge in [0.25, 0.3) is 0 Å². The number of pyridine rings is 3. The van der Waals surface area contributed by atoms with Crippen molar-refractivity contribution in [3.8, 4) is 17.1 Å². The van der Waals surface area contributed by atoms with E-state index in [4.69, 9.17) is 0 Å². The van der Waals surface area contributed by atoms with Gasteiger partial charge in [0.05, 0.1) is 36.4 Å². The van der Waals surface area contributed by atoms with Gasteiger partial charge in [0, 0.05) is 0 Å². The van der Waals surface area contributed by atoms with Crippen molar-refractivity contribution >= 4 is 0 Å². The molecule has 0 aliphatic carbocycles. The Bertz CT molecular complexity index is 917. The summed E-state index contributed by atoms with van der Waals surface area (Å²) in [6.45, 7) is 0. The molecule has 6 nitrogen and oxygen atoms in total. The number of nitrogens with zero attached hydrogens (tertiary/aromatic N) is 6. The lowest BCUT2D eigenvalue weighted by molar-refractivity contribution is -0.859. The van der Waals surface area contributed by atoms with E-state index in [0.717, 1.165) is 17.1 Å². The minimum Gasteiger partial charge on any atom is -0.207 e. The summed E-state index contributed by atoms with van der Waals surface area (Å²) in [5.41, 5.74) is 3.29. The van der Waals surface area contributed by atoms with Crippen molar-refractivity contribution in [2.75, 3.05) is 0 Å². The molecule has 0 aromatic carbocycles. The van der Waals surface area contributed by atoms with Gasteiger partial charge < -0.3 is 0 Å². The van der Waals surface area contributed by atoms with Crippen LogP contribution in [0, 0.1) is 0 Å². The fourth-order valence-electron chi connectivity index (χ4n) is 2.89. The van der Waals surface area contributed by atoms with Crippen LogP contribution in [-0.2, 0) is 21.1 Å². The van der Waals surface area contributed by atoms with E-state index in [1.807, 2.05) is 34.8 Å². The lowest BCUT2D eigenvalue weighted by Crippen LogP contribution is -2.55. The van der Waals surface area contributed by atoms with Crippen molar-refractivity contribution < 1.29 is 27.4 Å². The summed E-state index contributed by atoms with van der Waals surface area (Å²) in [5.74, 6) is 0. The SMILES string of the molecule is C[n+]1ccc(-[n+]2c[n+](-c3cc[n+](C)cc3)c[n+](-c3cc[n+](C)cc3)c2)cc1. The molecule has 4 aromatic heterocycles. The van der Waals surface area contributed by atoms with Gasteiger partial charge in [-0.2, -0.15) is 0 Å². The Morgan fingerprint density at radius 1 is 0.407 bits per heavy atom. The van der Waals surface area contributed by atoms with Crippen LogP contribution in [0.1, 0.15) is 0 Å². The molecule has 132 valence electrons. The molecule has 0 atom stereocenters. The lowest BCUT2D eigenvalue weighted by atomic mass is 10.3. The highest BCUT2D eigenvalue weighted by atomic mass is 15.2. The van der Waals surface area contributed by atoms with Gasteiger partial charge in [0.15, 0.2) is 37.2 Å². The Morgan fingerprint density at radius 2 is 0.630 bits per heavy atom. The van der Waals surface area contributed by atoms with Crippen molar-refractivity contribution in [2.45, 2.75) is 0 Å². The predicted molar refractivity (Wildman–Crippen MR) is 94.6 cm³/mol. The maximum atomic E-state index is 2.12. The fourth-order valence-corrected chi connectivity index (χ4v) is 2.89. The molecule has 4 aromatic rings. The third-order valence-electron chi connectivity index (χ3n) is 4.52. The van der Waals surface area contributed by atoms with Crippen LogP contribution >= 0.6 is 0 Å².